The van der Waals surface area contributed by atoms with Gasteiger partial charge in [-0.25, -0.2) is 0 Å². The maximum Gasteiger partial charge on any atom is 0 e. The number of rotatable bonds is 0. The van der Waals surface area contributed by atoms with Crippen molar-refractivity contribution in [2.75, 3.05) is 0 Å². The molecular weight excluding hydrogens is 331 g/mol. The fraction of sp³-hybridized carbons (Fsp3) is 0.500. The van der Waals surface area contributed by atoms with Crippen LogP contribution in [0.3, 0.4) is 0 Å². The molecule has 0 atom stereocenters. The molecule has 0 aliphatic carbocycles. The summed E-state index contributed by atoms with van der Waals surface area (Å²) in [6.45, 7) is 10.0. The van der Waals surface area contributed by atoms with Gasteiger partial charge >= 0.3 is 0 Å². The first-order valence-corrected chi connectivity index (χ1v) is 1.85. The minimum absolute atomic E-state index is 0. The van der Waals surface area contributed by atoms with Crippen LogP contribution in [0.1, 0.15) is 20.8 Å². The minimum atomic E-state index is 0. The maximum atomic E-state index is 3.77. The van der Waals surface area contributed by atoms with Crippen molar-refractivity contribution in [2.24, 2.45) is 5.41 Å². The Bertz CT molecular complexity index is 24.7. The molecule has 0 N–H and O–H groups in total. The van der Waals surface area contributed by atoms with Crippen LogP contribution in [-0.2, 0) is 39.6 Å². The molecule has 0 saturated carbocycles. The third-order valence-electron chi connectivity index (χ3n) is 0. The van der Waals surface area contributed by atoms with Crippen molar-refractivity contribution >= 4 is 0 Å². The Morgan fingerprint density at radius 3 is 0.900 bits per heavy atom. The van der Waals surface area contributed by atoms with E-state index in [0.29, 0.717) is 0 Å². The molecular formula is C8H20VW-4. The van der Waals surface area contributed by atoms with E-state index >= 15 is 0 Å². The average Bonchev–Trinajstić information content (AvgIpc) is 0.722. The molecule has 2 heteroatoms. The van der Waals surface area contributed by atoms with E-state index in [0.717, 1.165) is 0 Å². The summed E-state index contributed by atoms with van der Waals surface area (Å²) in [6.07, 6.45) is 0. The fourth-order valence-corrected chi connectivity index (χ4v) is 0. The molecule has 0 unspecified atom stereocenters. The van der Waals surface area contributed by atoms with Crippen LogP contribution in [0.5, 0.6) is 0 Å². The molecule has 0 fully saturated rings. The minimum Gasteiger partial charge on any atom is -0.358 e. The van der Waals surface area contributed by atoms with Gasteiger partial charge in [-0.1, -0.05) is 20.8 Å². The zero-order valence-corrected chi connectivity index (χ0v) is 12.4. The first kappa shape index (κ1) is 42.8. The molecule has 0 bridgehead atoms. The van der Waals surface area contributed by atoms with E-state index < -0.39 is 0 Å². The van der Waals surface area contributed by atoms with Gasteiger partial charge in [0.1, 0.15) is 0 Å². The normalized spacial score (nSPS) is 6.00. The van der Waals surface area contributed by atoms with Crippen molar-refractivity contribution in [3.8, 4) is 0 Å². The molecule has 0 aromatic rings. The van der Waals surface area contributed by atoms with E-state index in [1.54, 1.807) is 0 Å². The van der Waals surface area contributed by atoms with E-state index in [2.05, 4.69) is 27.7 Å². The Morgan fingerprint density at radius 2 is 0.900 bits per heavy atom. The van der Waals surface area contributed by atoms with Crippen LogP contribution in [0.2, 0.25) is 0 Å². The Hall–Kier alpha value is 1.27. The van der Waals surface area contributed by atoms with E-state index in [4.69, 9.17) is 0 Å². The van der Waals surface area contributed by atoms with Crippen LogP contribution < -0.4 is 0 Å². The Morgan fingerprint density at radius 1 is 0.900 bits per heavy atom. The van der Waals surface area contributed by atoms with Crippen molar-refractivity contribution in [1.82, 2.24) is 0 Å². The number of hydrogen-bond donors (Lipinski definition) is 0. The monoisotopic (exact) mass is 351 g/mol. The van der Waals surface area contributed by atoms with Crippen LogP contribution in [-0.4, -0.2) is 0 Å². The van der Waals surface area contributed by atoms with Crippen molar-refractivity contribution in [3.05, 3.63) is 29.2 Å². The van der Waals surface area contributed by atoms with E-state index in [-0.39, 0.29) is 67.3 Å². The summed E-state index contributed by atoms with van der Waals surface area (Å²) >= 11 is 0. The molecule has 1 radical (unpaired) electrons. The van der Waals surface area contributed by atoms with Gasteiger partial charge in [-0.15, -0.1) is 0 Å². The van der Waals surface area contributed by atoms with Gasteiger partial charge in [-0.05, 0) is 0 Å². The third kappa shape index (κ3) is 392. The van der Waals surface area contributed by atoms with E-state index in [1.165, 1.54) is 0 Å². The SMILES string of the molecule is [CH2-]C(C)(C)C.[CH3-].[CH3-].[CH3-].[V].[W]. The van der Waals surface area contributed by atoms with Gasteiger partial charge in [0.25, 0.3) is 0 Å². The molecule has 0 rings (SSSR count). The first-order valence-electron chi connectivity index (χ1n) is 1.85. The molecule has 0 aromatic heterocycles. The molecule has 0 amide bonds. The summed E-state index contributed by atoms with van der Waals surface area (Å²) in [5.74, 6) is 0. The smallest absolute Gasteiger partial charge is 0 e. The molecule has 0 saturated heterocycles. The molecule has 0 aromatic carbocycles. The van der Waals surface area contributed by atoms with Gasteiger partial charge in [-0.2, -0.15) is 5.41 Å². The quantitative estimate of drug-likeness (QED) is 0.588. The van der Waals surface area contributed by atoms with Gasteiger partial charge in [0.05, 0.1) is 0 Å². The van der Waals surface area contributed by atoms with Crippen molar-refractivity contribution in [1.29, 1.82) is 0 Å². The summed E-state index contributed by atoms with van der Waals surface area (Å²) in [4.78, 5) is 0. The van der Waals surface area contributed by atoms with Crippen LogP contribution in [0.4, 0.5) is 0 Å². The number of hydrogen-bond acceptors (Lipinski definition) is 0. The first-order chi connectivity index (χ1) is 2.00. The average molecular weight is 351 g/mol. The molecule has 0 heterocycles. The second-order valence-corrected chi connectivity index (χ2v) is 2.56. The molecule has 10 heavy (non-hydrogen) atoms. The zero-order chi connectivity index (χ0) is 4.50. The zero-order valence-electron chi connectivity index (χ0n) is 8.06. The van der Waals surface area contributed by atoms with E-state index in [1.807, 2.05) is 0 Å². The summed E-state index contributed by atoms with van der Waals surface area (Å²) in [5, 5.41) is 0. The van der Waals surface area contributed by atoms with Crippen LogP contribution >= 0.6 is 0 Å². The molecule has 0 aliphatic rings. The van der Waals surface area contributed by atoms with Gasteiger partial charge in [0.15, 0.2) is 0 Å². The fourth-order valence-electron chi connectivity index (χ4n) is 0. The second kappa shape index (κ2) is 16.7. The van der Waals surface area contributed by atoms with Gasteiger partial charge in [-0.3, -0.25) is 0 Å². The predicted octanol–water partition coefficient (Wildman–Crippen LogP) is 3.21. The molecule has 67 valence electrons. The van der Waals surface area contributed by atoms with Crippen molar-refractivity contribution in [2.45, 2.75) is 20.8 Å². The van der Waals surface area contributed by atoms with Crippen LogP contribution in [0.25, 0.3) is 0 Å². The molecule has 0 aliphatic heterocycles. The van der Waals surface area contributed by atoms with E-state index in [9.17, 15) is 0 Å². The Labute approximate surface area is 94.7 Å². The third-order valence-corrected chi connectivity index (χ3v) is 0. The van der Waals surface area contributed by atoms with Gasteiger partial charge < -0.3 is 29.2 Å². The Kier molecular flexibility index (Phi) is 71.5. The summed E-state index contributed by atoms with van der Waals surface area (Å²) in [5.41, 5.74) is 0.250. The van der Waals surface area contributed by atoms with Crippen LogP contribution in [0, 0.1) is 34.6 Å². The van der Waals surface area contributed by atoms with Gasteiger partial charge in [0.2, 0.25) is 0 Å². The largest absolute Gasteiger partial charge is 0.358 e. The summed E-state index contributed by atoms with van der Waals surface area (Å²) in [7, 11) is 0. The van der Waals surface area contributed by atoms with Crippen molar-refractivity contribution in [3.63, 3.8) is 0 Å². The second-order valence-electron chi connectivity index (χ2n) is 2.56. The topological polar surface area (TPSA) is 0 Å². The summed E-state index contributed by atoms with van der Waals surface area (Å²) < 4.78 is 0. The summed E-state index contributed by atoms with van der Waals surface area (Å²) in [6, 6.07) is 0. The van der Waals surface area contributed by atoms with Gasteiger partial charge in [0, 0.05) is 39.6 Å². The van der Waals surface area contributed by atoms with Crippen molar-refractivity contribution < 1.29 is 39.6 Å². The predicted molar refractivity (Wildman–Crippen MR) is 44.1 cm³/mol. The maximum absolute atomic E-state index is 3.77. The Balaban J connectivity index is -0.00000000800. The molecule has 0 spiro atoms. The van der Waals surface area contributed by atoms with Crippen LogP contribution in [0.15, 0.2) is 0 Å². The standard InChI is InChI=1S/C5H11.3CH3.V.W/c1-5(2,3)4;;;;;/h1H2,2-4H3;3*1H3;;/q4*-1;;. The molecule has 0 nitrogen and oxygen atoms in total.